The van der Waals surface area contributed by atoms with Gasteiger partial charge >= 0.3 is 5.97 Å². The molecule has 1 aliphatic rings. The van der Waals surface area contributed by atoms with Crippen molar-refractivity contribution in [2.45, 2.75) is 18.9 Å². The van der Waals surface area contributed by atoms with E-state index in [4.69, 9.17) is 44.3 Å². The first-order valence-corrected chi connectivity index (χ1v) is 7.33. The molecule has 1 aliphatic heterocycles. The lowest BCUT2D eigenvalue weighted by Crippen LogP contribution is -2.27. The molecule has 1 N–H and O–H groups in total. The van der Waals surface area contributed by atoms with E-state index in [1.165, 1.54) is 12.1 Å². The van der Waals surface area contributed by atoms with E-state index in [2.05, 4.69) is 5.32 Å². The smallest absolute Gasteiger partial charge is 0.335 e. The maximum atomic E-state index is 11.7. The maximum absolute atomic E-state index is 11.7. The highest BCUT2D eigenvalue weighted by atomic mass is 35.5. The fourth-order valence-electron chi connectivity index (χ4n) is 1.80. The van der Waals surface area contributed by atoms with Crippen molar-refractivity contribution in [3.63, 3.8) is 0 Å². The number of carbonyl (C=O) groups is 2. The minimum Gasteiger partial charge on any atom is -0.454 e. The van der Waals surface area contributed by atoms with E-state index in [1.807, 2.05) is 0 Å². The Morgan fingerprint density at radius 1 is 1.24 bits per heavy atom. The molecule has 0 radical (unpaired) electrons. The van der Waals surface area contributed by atoms with Gasteiger partial charge in [-0.25, -0.2) is 4.79 Å². The van der Waals surface area contributed by atoms with Crippen molar-refractivity contribution in [1.82, 2.24) is 0 Å². The van der Waals surface area contributed by atoms with Crippen molar-refractivity contribution >= 4 is 52.4 Å². The zero-order valence-electron chi connectivity index (χ0n) is 10.8. The molecule has 0 aliphatic carbocycles. The molecule has 1 aromatic rings. The van der Waals surface area contributed by atoms with Gasteiger partial charge in [-0.2, -0.15) is 0 Å². The highest BCUT2D eigenvalue weighted by molar-refractivity contribution is 6.44. The normalized spacial score (nSPS) is 17.6. The number of benzene rings is 1. The molecule has 8 heteroatoms. The van der Waals surface area contributed by atoms with E-state index in [9.17, 15) is 9.59 Å². The summed E-state index contributed by atoms with van der Waals surface area (Å²) in [5.74, 6) is -1.07. The first-order chi connectivity index (χ1) is 9.97. The average Bonchev–Trinajstić information content (AvgIpc) is 2.96. The van der Waals surface area contributed by atoms with Gasteiger partial charge in [-0.05, 0) is 25.0 Å². The van der Waals surface area contributed by atoms with Gasteiger partial charge < -0.3 is 14.8 Å². The largest absolute Gasteiger partial charge is 0.454 e. The third-order valence-electron chi connectivity index (χ3n) is 2.82. The Kier molecular flexibility index (Phi) is 5.70. The molecule has 2 rings (SSSR count). The summed E-state index contributed by atoms with van der Waals surface area (Å²) in [5, 5.41) is 3.27. The topological polar surface area (TPSA) is 64.6 Å². The molecule has 0 unspecified atom stereocenters. The van der Waals surface area contributed by atoms with Gasteiger partial charge in [0, 0.05) is 6.61 Å². The van der Waals surface area contributed by atoms with Crippen molar-refractivity contribution in [2.24, 2.45) is 0 Å². The number of amides is 1. The quantitative estimate of drug-likeness (QED) is 0.667. The summed E-state index contributed by atoms with van der Waals surface area (Å²) in [6.45, 7) is 0.111. The summed E-state index contributed by atoms with van der Waals surface area (Å²) in [6.07, 6.45) is 0.843. The Balaban J connectivity index is 1.87. The van der Waals surface area contributed by atoms with Crippen molar-refractivity contribution < 1.29 is 19.1 Å². The van der Waals surface area contributed by atoms with Gasteiger partial charge in [0.15, 0.2) is 12.7 Å². The molecular formula is C13H12Cl3NO4. The van der Waals surface area contributed by atoms with Crippen LogP contribution in [-0.4, -0.2) is 31.2 Å². The van der Waals surface area contributed by atoms with E-state index >= 15 is 0 Å². The van der Waals surface area contributed by atoms with Crippen LogP contribution in [0, 0.1) is 0 Å². The third kappa shape index (κ3) is 4.48. The standard InChI is InChI=1S/C13H12Cl3NO4/c14-7-4-9(16)10(5-8(7)15)17-12(18)6-21-13(19)11-2-1-3-20-11/h4-5,11H,1-3,6H2,(H,17,18)/t11-/m0/s1. The van der Waals surface area contributed by atoms with Crippen LogP contribution in [0.15, 0.2) is 12.1 Å². The summed E-state index contributed by atoms with van der Waals surface area (Å²) in [7, 11) is 0. The number of anilines is 1. The van der Waals surface area contributed by atoms with Crippen molar-refractivity contribution in [3.05, 3.63) is 27.2 Å². The number of carbonyl (C=O) groups excluding carboxylic acids is 2. The molecule has 1 aromatic carbocycles. The predicted molar refractivity (Wildman–Crippen MR) is 80.0 cm³/mol. The van der Waals surface area contributed by atoms with Crippen molar-refractivity contribution in [1.29, 1.82) is 0 Å². The lowest BCUT2D eigenvalue weighted by atomic mass is 10.2. The summed E-state index contributed by atoms with van der Waals surface area (Å²) >= 11 is 17.6. The minimum absolute atomic E-state index is 0.239. The molecule has 0 bridgehead atoms. The Labute approximate surface area is 136 Å². The minimum atomic E-state index is -0.577. The molecule has 0 aromatic heterocycles. The van der Waals surface area contributed by atoms with Crippen LogP contribution in [-0.2, 0) is 19.1 Å². The SMILES string of the molecule is O=C(COC(=O)[C@@H]1CCCO1)Nc1cc(Cl)c(Cl)cc1Cl. The molecule has 0 saturated carbocycles. The summed E-state index contributed by atoms with van der Waals surface area (Å²) < 4.78 is 10.0. The van der Waals surface area contributed by atoms with Gasteiger partial charge in [-0.1, -0.05) is 34.8 Å². The number of nitrogens with one attached hydrogen (secondary N) is 1. The maximum Gasteiger partial charge on any atom is 0.335 e. The fourth-order valence-corrected chi connectivity index (χ4v) is 2.39. The number of rotatable bonds is 4. The highest BCUT2D eigenvalue weighted by Gasteiger charge is 2.25. The van der Waals surface area contributed by atoms with Crippen LogP contribution in [0.1, 0.15) is 12.8 Å². The van der Waals surface area contributed by atoms with E-state index in [0.29, 0.717) is 18.7 Å². The third-order valence-corrected chi connectivity index (χ3v) is 3.86. The van der Waals surface area contributed by atoms with Gasteiger partial charge in [-0.15, -0.1) is 0 Å². The Morgan fingerprint density at radius 2 is 1.95 bits per heavy atom. The second kappa shape index (κ2) is 7.31. The molecule has 1 atom stereocenters. The Morgan fingerprint density at radius 3 is 2.62 bits per heavy atom. The molecule has 1 heterocycles. The molecule has 0 spiro atoms. The lowest BCUT2D eigenvalue weighted by molar-refractivity contribution is -0.156. The first kappa shape index (κ1) is 16.4. The van der Waals surface area contributed by atoms with Crippen molar-refractivity contribution in [2.75, 3.05) is 18.5 Å². The van der Waals surface area contributed by atoms with Crippen LogP contribution in [0.3, 0.4) is 0 Å². The predicted octanol–water partition coefficient (Wildman–Crippen LogP) is 3.31. The average molecular weight is 353 g/mol. The molecule has 1 fully saturated rings. The summed E-state index contributed by atoms with van der Waals surface area (Å²) in [5.41, 5.74) is 0.296. The monoisotopic (exact) mass is 351 g/mol. The van der Waals surface area contributed by atoms with Crippen LogP contribution in [0.5, 0.6) is 0 Å². The summed E-state index contributed by atoms with van der Waals surface area (Å²) in [6, 6.07) is 2.84. The van der Waals surface area contributed by atoms with Crippen LogP contribution in [0.4, 0.5) is 5.69 Å². The second-order valence-electron chi connectivity index (χ2n) is 4.40. The van der Waals surface area contributed by atoms with Crippen LogP contribution < -0.4 is 5.32 Å². The Bertz CT molecular complexity index is 559. The van der Waals surface area contributed by atoms with E-state index < -0.39 is 24.6 Å². The first-order valence-electron chi connectivity index (χ1n) is 6.20. The number of hydrogen-bond donors (Lipinski definition) is 1. The van der Waals surface area contributed by atoms with Gasteiger partial charge in [0.1, 0.15) is 0 Å². The number of halogens is 3. The summed E-state index contributed by atoms with van der Waals surface area (Å²) in [4.78, 5) is 23.3. The lowest BCUT2D eigenvalue weighted by Gasteiger charge is -2.11. The van der Waals surface area contributed by atoms with E-state index in [-0.39, 0.29) is 15.1 Å². The van der Waals surface area contributed by atoms with Crippen LogP contribution in [0.25, 0.3) is 0 Å². The number of hydrogen-bond acceptors (Lipinski definition) is 4. The zero-order valence-corrected chi connectivity index (χ0v) is 13.1. The fraction of sp³-hybridized carbons (Fsp3) is 0.385. The Hall–Kier alpha value is -1.01. The molecule has 1 amide bonds. The van der Waals surface area contributed by atoms with E-state index in [0.717, 1.165) is 6.42 Å². The molecule has 5 nitrogen and oxygen atoms in total. The van der Waals surface area contributed by atoms with Gasteiger partial charge in [0.05, 0.1) is 20.8 Å². The number of ether oxygens (including phenoxy) is 2. The molecular weight excluding hydrogens is 341 g/mol. The molecule has 21 heavy (non-hydrogen) atoms. The van der Waals surface area contributed by atoms with Crippen LogP contribution >= 0.6 is 34.8 Å². The highest BCUT2D eigenvalue weighted by Crippen LogP contribution is 2.32. The van der Waals surface area contributed by atoms with Gasteiger partial charge in [0.2, 0.25) is 0 Å². The second-order valence-corrected chi connectivity index (χ2v) is 5.63. The molecule has 1 saturated heterocycles. The number of esters is 1. The zero-order chi connectivity index (χ0) is 15.4. The van der Waals surface area contributed by atoms with Gasteiger partial charge in [-0.3, -0.25) is 4.79 Å². The van der Waals surface area contributed by atoms with E-state index in [1.54, 1.807) is 0 Å². The van der Waals surface area contributed by atoms with Crippen LogP contribution in [0.2, 0.25) is 15.1 Å². The van der Waals surface area contributed by atoms with Gasteiger partial charge in [0.25, 0.3) is 5.91 Å². The molecule has 114 valence electrons. The van der Waals surface area contributed by atoms with Crippen molar-refractivity contribution in [3.8, 4) is 0 Å².